The van der Waals surface area contributed by atoms with Crippen molar-refractivity contribution in [3.8, 4) is 0 Å². The maximum Gasteiger partial charge on any atom is 0.271 e. The van der Waals surface area contributed by atoms with Gasteiger partial charge in [-0.15, -0.1) is 0 Å². The van der Waals surface area contributed by atoms with Gasteiger partial charge in [-0.3, -0.25) is 34.7 Å². The number of carbonyl (C=O) groups is 2. The molecule has 0 bridgehead atoms. The Kier molecular flexibility index (Phi) is 6.36. The predicted octanol–water partition coefficient (Wildman–Crippen LogP) is 4.81. The number of halogens is 1. The number of amides is 2. The van der Waals surface area contributed by atoms with Gasteiger partial charge in [0.2, 0.25) is 6.41 Å². The van der Waals surface area contributed by atoms with Crippen LogP contribution in [0.3, 0.4) is 0 Å². The van der Waals surface area contributed by atoms with E-state index in [1.807, 2.05) is 0 Å². The number of benzene rings is 3. The summed E-state index contributed by atoms with van der Waals surface area (Å²) in [6, 6.07) is 15.4. The maximum absolute atomic E-state index is 12.7. The summed E-state index contributed by atoms with van der Waals surface area (Å²) in [6.07, 6.45) is 0.474. The van der Waals surface area contributed by atoms with Gasteiger partial charge in [-0.1, -0.05) is 12.1 Å². The van der Waals surface area contributed by atoms with Crippen LogP contribution in [0.4, 0.5) is 28.4 Å². The molecule has 1 N–H and O–H groups in total. The van der Waals surface area contributed by atoms with E-state index < -0.39 is 15.8 Å². The van der Waals surface area contributed by atoms with Gasteiger partial charge >= 0.3 is 0 Å². The van der Waals surface area contributed by atoms with E-state index >= 15 is 0 Å². The van der Waals surface area contributed by atoms with Gasteiger partial charge in [0.1, 0.15) is 0 Å². The van der Waals surface area contributed by atoms with Crippen molar-refractivity contribution < 1.29 is 19.4 Å². The van der Waals surface area contributed by atoms with Crippen molar-refractivity contribution in [2.45, 2.75) is 0 Å². The Labute approximate surface area is 183 Å². The third-order valence-corrected chi connectivity index (χ3v) is 4.88. The van der Waals surface area contributed by atoms with E-state index in [2.05, 4.69) is 21.2 Å². The summed E-state index contributed by atoms with van der Waals surface area (Å²) in [5.41, 5.74) is 0.548. The molecule has 3 rings (SSSR count). The Morgan fingerprint density at radius 1 is 0.935 bits per heavy atom. The molecule has 0 unspecified atom stereocenters. The fourth-order valence-corrected chi connectivity index (χ4v) is 3.19. The van der Waals surface area contributed by atoms with Crippen LogP contribution in [0, 0.1) is 20.2 Å². The molecule has 0 aliphatic rings. The molecule has 0 spiro atoms. The quantitative estimate of drug-likeness (QED) is 0.290. The predicted molar refractivity (Wildman–Crippen MR) is 116 cm³/mol. The third-order valence-electron chi connectivity index (χ3n) is 4.21. The molecule has 3 aromatic rings. The molecule has 11 heteroatoms. The molecule has 10 nitrogen and oxygen atoms in total. The van der Waals surface area contributed by atoms with Crippen LogP contribution in [0.25, 0.3) is 0 Å². The van der Waals surface area contributed by atoms with Crippen LogP contribution in [0.15, 0.2) is 71.2 Å². The summed E-state index contributed by atoms with van der Waals surface area (Å²) < 4.78 is 0.470. The fourth-order valence-electron chi connectivity index (χ4n) is 2.75. The molecule has 0 radical (unpaired) electrons. The lowest BCUT2D eigenvalue weighted by Crippen LogP contribution is -2.17. The lowest BCUT2D eigenvalue weighted by molar-refractivity contribution is -0.385. The number of nitro groups is 2. The lowest BCUT2D eigenvalue weighted by Gasteiger charge is -2.20. The molecule has 0 aliphatic carbocycles. The summed E-state index contributed by atoms with van der Waals surface area (Å²) in [7, 11) is 0. The minimum atomic E-state index is -0.579. The van der Waals surface area contributed by atoms with Crippen molar-refractivity contribution in [1.82, 2.24) is 0 Å². The summed E-state index contributed by atoms with van der Waals surface area (Å²) in [6.45, 7) is 0. The lowest BCUT2D eigenvalue weighted by atomic mass is 10.1. The largest absolute Gasteiger partial charge is 0.322 e. The molecule has 3 aromatic carbocycles. The molecule has 0 saturated heterocycles. The topological polar surface area (TPSA) is 136 Å². The van der Waals surface area contributed by atoms with Gasteiger partial charge in [-0.25, -0.2) is 0 Å². The molecule has 0 saturated carbocycles. The van der Waals surface area contributed by atoms with E-state index in [0.717, 1.165) is 4.90 Å². The van der Waals surface area contributed by atoms with E-state index in [0.29, 0.717) is 10.9 Å². The van der Waals surface area contributed by atoms with Crippen LogP contribution < -0.4 is 10.2 Å². The molecule has 0 aromatic heterocycles. The van der Waals surface area contributed by atoms with Gasteiger partial charge in [-0.05, 0) is 46.3 Å². The van der Waals surface area contributed by atoms with Crippen molar-refractivity contribution in [3.05, 3.63) is 97.0 Å². The minimum absolute atomic E-state index is 0.169. The second kappa shape index (κ2) is 9.13. The van der Waals surface area contributed by atoms with E-state index in [9.17, 15) is 29.8 Å². The number of nitrogens with zero attached hydrogens (tertiary/aromatic N) is 3. The maximum atomic E-state index is 12.7. The first kappa shape index (κ1) is 21.6. The van der Waals surface area contributed by atoms with Crippen molar-refractivity contribution in [3.63, 3.8) is 0 Å². The summed E-state index contributed by atoms with van der Waals surface area (Å²) in [4.78, 5) is 46.4. The van der Waals surface area contributed by atoms with Crippen LogP contribution in [0.5, 0.6) is 0 Å². The van der Waals surface area contributed by atoms with Crippen molar-refractivity contribution >= 4 is 56.7 Å². The number of hydrogen-bond acceptors (Lipinski definition) is 6. The normalized spacial score (nSPS) is 10.2. The molecule has 156 valence electrons. The molecule has 0 aliphatic heterocycles. The average molecular weight is 485 g/mol. The van der Waals surface area contributed by atoms with Crippen molar-refractivity contribution in [1.29, 1.82) is 0 Å². The number of non-ortho nitro benzene ring substituents is 2. The smallest absolute Gasteiger partial charge is 0.271 e. The second-order valence-corrected chi connectivity index (χ2v) is 7.03. The van der Waals surface area contributed by atoms with Crippen LogP contribution >= 0.6 is 15.9 Å². The number of hydrogen-bond donors (Lipinski definition) is 1. The van der Waals surface area contributed by atoms with Crippen LogP contribution in [-0.4, -0.2) is 22.2 Å². The zero-order valence-electron chi connectivity index (χ0n) is 15.6. The molecule has 0 heterocycles. The Morgan fingerprint density at radius 2 is 1.58 bits per heavy atom. The van der Waals surface area contributed by atoms with Gasteiger partial charge in [0, 0.05) is 40.0 Å². The average Bonchev–Trinajstić information content (AvgIpc) is 2.75. The van der Waals surface area contributed by atoms with E-state index in [1.54, 1.807) is 6.07 Å². The highest BCUT2D eigenvalue weighted by Crippen LogP contribution is 2.33. The van der Waals surface area contributed by atoms with Crippen LogP contribution in [0.2, 0.25) is 0 Å². The van der Waals surface area contributed by atoms with E-state index in [4.69, 9.17) is 0 Å². The molecule has 31 heavy (non-hydrogen) atoms. The molecule has 0 fully saturated rings. The van der Waals surface area contributed by atoms with Gasteiger partial charge in [0.15, 0.2) is 0 Å². The highest BCUT2D eigenvalue weighted by atomic mass is 79.9. The standard InChI is InChI=1S/C20H13BrN4O6/c21-18-8-7-13(20(27)22-14-3-1-5-16(10-14)24(28)29)9-19(18)23(12-26)15-4-2-6-17(11-15)25(30)31/h1-12H,(H,22,27). The third kappa shape index (κ3) is 4.90. The highest BCUT2D eigenvalue weighted by molar-refractivity contribution is 9.10. The Hall–Kier alpha value is -4.12. The molecule has 2 amide bonds. The summed E-state index contributed by atoms with van der Waals surface area (Å²) in [5.74, 6) is -0.556. The number of rotatable bonds is 7. The zero-order valence-corrected chi connectivity index (χ0v) is 17.2. The van der Waals surface area contributed by atoms with Gasteiger partial charge in [-0.2, -0.15) is 0 Å². The first-order valence-corrected chi connectivity index (χ1v) is 9.44. The Morgan fingerprint density at radius 3 is 2.23 bits per heavy atom. The van der Waals surface area contributed by atoms with E-state index in [-0.39, 0.29) is 34.0 Å². The second-order valence-electron chi connectivity index (χ2n) is 6.18. The monoisotopic (exact) mass is 484 g/mol. The molecular formula is C20H13BrN4O6. The van der Waals surface area contributed by atoms with Gasteiger partial charge in [0.05, 0.1) is 21.2 Å². The highest BCUT2D eigenvalue weighted by Gasteiger charge is 2.18. The zero-order chi connectivity index (χ0) is 22.5. The first-order valence-electron chi connectivity index (χ1n) is 8.64. The number of nitrogens with one attached hydrogen (secondary N) is 1. The fraction of sp³-hybridized carbons (Fsp3) is 0. The Bertz CT molecular complexity index is 1200. The van der Waals surface area contributed by atoms with Crippen molar-refractivity contribution in [2.75, 3.05) is 10.2 Å². The molecule has 0 atom stereocenters. The minimum Gasteiger partial charge on any atom is -0.322 e. The number of carbonyl (C=O) groups excluding carboxylic acids is 2. The number of anilines is 3. The molecular weight excluding hydrogens is 472 g/mol. The van der Waals surface area contributed by atoms with E-state index in [1.165, 1.54) is 60.7 Å². The SMILES string of the molecule is O=CN(c1cccc([N+](=O)[O-])c1)c1cc(C(=O)Nc2cccc([N+](=O)[O-])c2)ccc1Br. The Balaban J connectivity index is 1.93. The first-order chi connectivity index (χ1) is 14.8. The van der Waals surface area contributed by atoms with Crippen molar-refractivity contribution in [2.24, 2.45) is 0 Å². The van der Waals surface area contributed by atoms with Crippen LogP contribution in [0.1, 0.15) is 10.4 Å². The van der Waals surface area contributed by atoms with Gasteiger partial charge < -0.3 is 5.32 Å². The summed E-state index contributed by atoms with van der Waals surface area (Å²) in [5, 5.41) is 24.5. The van der Waals surface area contributed by atoms with Crippen LogP contribution in [-0.2, 0) is 4.79 Å². The van der Waals surface area contributed by atoms with Gasteiger partial charge in [0.25, 0.3) is 17.3 Å². The summed E-state index contributed by atoms with van der Waals surface area (Å²) >= 11 is 3.32. The number of nitro benzene ring substituents is 2.